The largest absolute Gasteiger partial charge is 0.0759 e. The molecule has 31 heavy (non-hydrogen) atoms. The van der Waals surface area contributed by atoms with E-state index in [4.69, 9.17) is 0 Å². The summed E-state index contributed by atoms with van der Waals surface area (Å²) in [6.45, 7) is 11.6. The van der Waals surface area contributed by atoms with Crippen LogP contribution in [0.2, 0.25) is 0 Å². The summed E-state index contributed by atoms with van der Waals surface area (Å²) in [7, 11) is 0. The summed E-state index contributed by atoms with van der Waals surface area (Å²) in [5, 5.41) is 0. The van der Waals surface area contributed by atoms with Crippen molar-refractivity contribution in [1.82, 2.24) is 0 Å². The molecule has 1 aliphatic carbocycles. The van der Waals surface area contributed by atoms with Gasteiger partial charge in [0, 0.05) is 0 Å². The van der Waals surface area contributed by atoms with Crippen molar-refractivity contribution >= 4 is 5.57 Å². The quantitative estimate of drug-likeness (QED) is 0.371. The maximum atomic E-state index is 2.41. The summed E-state index contributed by atoms with van der Waals surface area (Å²) in [6.07, 6.45) is 6.64. The third kappa shape index (κ3) is 5.18. The monoisotopic (exact) mass is 408 g/mol. The third-order valence-electron chi connectivity index (χ3n) is 7.19. The molecule has 0 aromatic heterocycles. The van der Waals surface area contributed by atoms with Crippen LogP contribution < -0.4 is 0 Å². The first-order chi connectivity index (χ1) is 14.8. The van der Waals surface area contributed by atoms with Crippen molar-refractivity contribution in [3.63, 3.8) is 0 Å². The van der Waals surface area contributed by atoms with Crippen molar-refractivity contribution in [2.75, 3.05) is 0 Å². The van der Waals surface area contributed by atoms with Crippen molar-refractivity contribution < 1.29 is 0 Å². The van der Waals surface area contributed by atoms with Crippen LogP contribution in [0.1, 0.15) is 66.6 Å². The fourth-order valence-corrected chi connectivity index (χ4v) is 4.56. The predicted octanol–water partition coefficient (Wildman–Crippen LogP) is 7.99. The normalized spacial score (nSPS) is 13.4. The van der Waals surface area contributed by atoms with Gasteiger partial charge in [-0.15, -0.1) is 0 Å². The molecule has 0 unspecified atom stereocenters. The van der Waals surface area contributed by atoms with E-state index >= 15 is 0 Å². The first kappa shape index (κ1) is 21.6. The minimum absolute atomic E-state index is 0.322. The highest BCUT2D eigenvalue weighted by Gasteiger charge is 2.22. The van der Waals surface area contributed by atoms with E-state index in [1.54, 1.807) is 0 Å². The van der Waals surface area contributed by atoms with Crippen LogP contribution in [0.3, 0.4) is 0 Å². The van der Waals surface area contributed by atoms with E-state index in [-0.39, 0.29) is 0 Å². The Morgan fingerprint density at radius 1 is 0.774 bits per heavy atom. The predicted molar refractivity (Wildman–Crippen MR) is 135 cm³/mol. The second-order valence-corrected chi connectivity index (χ2v) is 10.4. The second kappa shape index (κ2) is 8.87. The van der Waals surface area contributed by atoms with Crippen LogP contribution >= 0.6 is 0 Å². The molecule has 3 aromatic carbocycles. The topological polar surface area (TPSA) is 0 Å². The molecule has 1 aliphatic rings. The van der Waals surface area contributed by atoms with Gasteiger partial charge in [0.2, 0.25) is 0 Å². The van der Waals surface area contributed by atoms with E-state index in [0.717, 1.165) is 25.7 Å². The number of fused-ring (bicyclic) bond motifs is 1. The minimum atomic E-state index is 0.322. The van der Waals surface area contributed by atoms with Crippen molar-refractivity contribution in [2.45, 2.75) is 60.3 Å². The van der Waals surface area contributed by atoms with Gasteiger partial charge in [-0.05, 0) is 82.9 Å². The van der Waals surface area contributed by atoms with Gasteiger partial charge in [-0.25, -0.2) is 0 Å². The Hall–Kier alpha value is -2.60. The van der Waals surface area contributed by atoms with Gasteiger partial charge in [0.25, 0.3) is 0 Å². The first-order valence-corrected chi connectivity index (χ1v) is 11.7. The summed E-state index contributed by atoms with van der Waals surface area (Å²) in [5.74, 6) is 0.673. The molecule has 0 heterocycles. The molecule has 0 spiro atoms. The average Bonchev–Trinajstić information content (AvgIpc) is 3.10. The second-order valence-electron chi connectivity index (χ2n) is 10.4. The summed E-state index contributed by atoms with van der Waals surface area (Å²) in [5.41, 5.74) is 11.8. The number of rotatable bonds is 7. The summed E-state index contributed by atoms with van der Waals surface area (Å²) < 4.78 is 0. The summed E-state index contributed by atoms with van der Waals surface area (Å²) in [6, 6.07) is 25.3. The van der Waals surface area contributed by atoms with Gasteiger partial charge >= 0.3 is 0 Å². The molecular weight excluding hydrogens is 372 g/mol. The SMILES string of the molecule is Cc1ccc2c(c1)C(Cc1cccc(Cc3cccc(CC(C)(C)C(C)C)c3)c1)=CC2. The lowest BCUT2D eigenvalue weighted by Crippen LogP contribution is -2.22. The van der Waals surface area contributed by atoms with Crippen LogP contribution in [-0.2, 0) is 25.7 Å². The average molecular weight is 409 g/mol. The Bertz CT molecular complexity index is 1090. The highest BCUT2D eigenvalue weighted by molar-refractivity contribution is 5.75. The van der Waals surface area contributed by atoms with E-state index in [1.165, 1.54) is 44.5 Å². The van der Waals surface area contributed by atoms with Crippen LogP contribution in [0.25, 0.3) is 5.57 Å². The van der Waals surface area contributed by atoms with Crippen molar-refractivity contribution in [2.24, 2.45) is 11.3 Å². The first-order valence-electron chi connectivity index (χ1n) is 11.7. The summed E-state index contributed by atoms with van der Waals surface area (Å²) in [4.78, 5) is 0. The molecule has 4 rings (SSSR count). The zero-order chi connectivity index (χ0) is 22.0. The van der Waals surface area contributed by atoms with Crippen LogP contribution in [-0.4, -0.2) is 0 Å². The molecule has 0 N–H and O–H groups in total. The number of aryl methyl sites for hydroxylation is 1. The van der Waals surface area contributed by atoms with E-state index in [2.05, 4.69) is 107 Å². The molecule has 0 amide bonds. The molecule has 0 radical (unpaired) electrons. The zero-order valence-electron chi connectivity index (χ0n) is 19.8. The van der Waals surface area contributed by atoms with Gasteiger partial charge in [-0.3, -0.25) is 0 Å². The molecule has 0 nitrogen and oxygen atoms in total. The maximum absolute atomic E-state index is 2.41. The lowest BCUT2D eigenvalue weighted by atomic mass is 9.76. The molecule has 0 atom stereocenters. The van der Waals surface area contributed by atoms with E-state index < -0.39 is 0 Å². The minimum Gasteiger partial charge on any atom is -0.0759 e. The van der Waals surface area contributed by atoms with Gasteiger partial charge in [0.15, 0.2) is 0 Å². The molecular formula is C31H36. The van der Waals surface area contributed by atoms with Crippen LogP contribution in [0.15, 0.2) is 72.8 Å². The summed E-state index contributed by atoms with van der Waals surface area (Å²) >= 11 is 0. The number of allylic oxidation sites excluding steroid dienone is 2. The van der Waals surface area contributed by atoms with Crippen molar-refractivity contribution in [1.29, 1.82) is 0 Å². The molecule has 3 aromatic rings. The lowest BCUT2D eigenvalue weighted by molar-refractivity contribution is 0.248. The van der Waals surface area contributed by atoms with E-state index in [9.17, 15) is 0 Å². The third-order valence-corrected chi connectivity index (χ3v) is 7.19. The van der Waals surface area contributed by atoms with Crippen LogP contribution in [0.4, 0.5) is 0 Å². The van der Waals surface area contributed by atoms with Gasteiger partial charge in [0.1, 0.15) is 0 Å². The van der Waals surface area contributed by atoms with Gasteiger partial charge in [-0.1, -0.05) is 106 Å². The highest BCUT2D eigenvalue weighted by atomic mass is 14.3. The lowest BCUT2D eigenvalue weighted by Gasteiger charge is -2.29. The molecule has 0 bridgehead atoms. The smallest absolute Gasteiger partial charge is 0.00227 e. The fourth-order valence-electron chi connectivity index (χ4n) is 4.56. The molecule has 0 saturated carbocycles. The van der Waals surface area contributed by atoms with Crippen molar-refractivity contribution in [3.05, 3.63) is 112 Å². The molecule has 0 aliphatic heterocycles. The molecule has 0 saturated heterocycles. The van der Waals surface area contributed by atoms with Crippen LogP contribution in [0, 0.1) is 18.3 Å². The Morgan fingerprint density at radius 2 is 1.39 bits per heavy atom. The standard InChI is InChI=1S/C31H36/c1-22(2)31(4,5)21-27-11-7-9-25(19-27)17-24-8-6-10-26(18-24)20-29-15-14-28-13-12-23(3)16-30(28)29/h6-13,15-16,18-19,22H,14,17,20-21H2,1-5H3. The van der Waals surface area contributed by atoms with Crippen molar-refractivity contribution in [3.8, 4) is 0 Å². The van der Waals surface area contributed by atoms with Crippen LogP contribution in [0.5, 0.6) is 0 Å². The number of benzene rings is 3. The zero-order valence-corrected chi connectivity index (χ0v) is 19.8. The van der Waals surface area contributed by atoms with E-state index in [0.29, 0.717) is 11.3 Å². The number of hydrogen-bond donors (Lipinski definition) is 0. The van der Waals surface area contributed by atoms with Gasteiger partial charge < -0.3 is 0 Å². The maximum Gasteiger partial charge on any atom is -0.00227 e. The Kier molecular flexibility index (Phi) is 6.19. The Labute approximate surface area is 189 Å². The Morgan fingerprint density at radius 3 is 2.06 bits per heavy atom. The van der Waals surface area contributed by atoms with Gasteiger partial charge in [-0.2, -0.15) is 0 Å². The number of hydrogen-bond acceptors (Lipinski definition) is 0. The molecule has 0 heteroatoms. The highest BCUT2D eigenvalue weighted by Crippen LogP contribution is 2.32. The fraction of sp³-hybridized carbons (Fsp3) is 0.355. The van der Waals surface area contributed by atoms with E-state index in [1.807, 2.05) is 0 Å². The Balaban J connectivity index is 1.48. The molecule has 160 valence electrons. The molecule has 0 fully saturated rings. The van der Waals surface area contributed by atoms with Gasteiger partial charge in [0.05, 0.1) is 0 Å².